The van der Waals surface area contributed by atoms with Crippen LogP contribution in [0.15, 0.2) is 79.1 Å². The standard InChI is InChI=1S/C20H18N3O3/c1-21(18-7-9-19(10-8-18)23(25)26)20(24)22-13-11-17(12-14-22)15-16-5-3-2-4-6-16/h2-14H,15H2,1H3/q+1. The van der Waals surface area contributed by atoms with Crippen LogP contribution in [0.3, 0.4) is 0 Å². The summed E-state index contributed by atoms with van der Waals surface area (Å²) >= 11 is 0. The van der Waals surface area contributed by atoms with E-state index in [2.05, 4.69) is 12.1 Å². The van der Waals surface area contributed by atoms with Gasteiger partial charge in [0.05, 0.1) is 24.4 Å². The molecule has 0 atom stereocenters. The number of rotatable bonds is 4. The first-order valence-electron chi connectivity index (χ1n) is 8.11. The molecule has 0 aliphatic rings. The lowest BCUT2D eigenvalue weighted by Gasteiger charge is -2.09. The van der Waals surface area contributed by atoms with E-state index in [9.17, 15) is 14.9 Å². The Labute approximate surface area is 151 Å². The zero-order chi connectivity index (χ0) is 18.5. The number of pyridine rings is 1. The summed E-state index contributed by atoms with van der Waals surface area (Å²) in [4.78, 5) is 24.3. The highest BCUT2D eigenvalue weighted by Crippen LogP contribution is 2.18. The molecule has 6 nitrogen and oxygen atoms in total. The van der Waals surface area contributed by atoms with E-state index in [4.69, 9.17) is 0 Å². The minimum Gasteiger partial charge on any atom is -0.258 e. The van der Waals surface area contributed by atoms with Gasteiger partial charge in [-0.2, -0.15) is 14.3 Å². The number of amides is 1. The third-order valence-corrected chi connectivity index (χ3v) is 4.11. The molecule has 0 radical (unpaired) electrons. The third kappa shape index (κ3) is 3.92. The minimum atomic E-state index is -0.466. The Morgan fingerprint density at radius 1 is 0.962 bits per heavy atom. The average Bonchev–Trinajstić information content (AvgIpc) is 2.68. The molecule has 0 saturated heterocycles. The highest BCUT2D eigenvalue weighted by Gasteiger charge is 2.22. The summed E-state index contributed by atoms with van der Waals surface area (Å²) in [6.07, 6.45) is 4.25. The molecule has 0 saturated carbocycles. The lowest BCUT2D eigenvalue weighted by Crippen LogP contribution is -2.50. The van der Waals surface area contributed by atoms with Crippen molar-refractivity contribution in [2.24, 2.45) is 0 Å². The lowest BCUT2D eigenvalue weighted by molar-refractivity contribution is -0.569. The number of benzene rings is 2. The zero-order valence-corrected chi connectivity index (χ0v) is 14.3. The number of hydrogen-bond donors (Lipinski definition) is 0. The van der Waals surface area contributed by atoms with Crippen molar-refractivity contribution in [3.8, 4) is 0 Å². The fourth-order valence-corrected chi connectivity index (χ4v) is 2.62. The summed E-state index contributed by atoms with van der Waals surface area (Å²) in [5.41, 5.74) is 2.90. The number of anilines is 1. The van der Waals surface area contributed by atoms with E-state index in [1.54, 1.807) is 31.6 Å². The van der Waals surface area contributed by atoms with Gasteiger partial charge < -0.3 is 0 Å². The van der Waals surface area contributed by atoms with Crippen LogP contribution in [0.4, 0.5) is 16.2 Å². The molecule has 0 aliphatic heterocycles. The summed E-state index contributed by atoms with van der Waals surface area (Å²) in [7, 11) is 1.63. The molecule has 0 fully saturated rings. The minimum absolute atomic E-state index is 0.00693. The SMILES string of the molecule is CN(C(=O)[n+]1ccc(Cc2ccccc2)cc1)c1ccc([N+](=O)[O-])cc1. The van der Waals surface area contributed by atoms with Crippen molar-refractivity contribution >= 4 is 17.4 Å². The van der Waals surface area contributed by atoms with Crippen LogP contribution in [0.25, 0.3) is 0 Å². The van der Waals surface area contributed by atoms with E-state index in [0.717, 1.165) is 12.0 Å². The van der Waals surface area contributed by atoms with E-state index in [0.29, 0.717) is 5.69 Å². The Bertz CT molecular complexity index is 907. The lowest BCUT2D eigenvalue weighted by atomic mass is 10.1. The molecular weight excluding hydrogens is 330 g/mol. The third-order valence-electron chi connectivity index (χ3n) is 4.11. The molecule has 3 rings (SSSR count). The van der Waals surface area contributed by atoms with Crippen molar-refractivity contribution < 1.29 is 14.3 Å². The van der Waals surface area contributed by atoms with Crippen LogP contribution in [0.2, 0.25) is 0 Å². The summed E-state index contributed by atoms with van der Waals surface area (Å²) in [6, 6.07) is 19.6. The molecule has 130 valence electrons. The van der Waals surface area contributed by atoms with Crippen molar-refractivity contribution in [1.29, 1.82) is 0 Å². The summed E-state index contributed by atoms with van der Waals surface area (Å²) < 4.78 is 1.48. The Hall–Kier alpha value is -3.54. The van der Waals surface area contributed by atoms with Crippen LogP contribution in [-0.4, -0.2) is 18.0 Å². The van der Waals surface area contributed by atoms with Crippen LogP contribution >= 0.6 is 0 Å². The van der Waals surface area contributed by atoms with Gasteiger partial charge in [-0.15, -0.1) is 0 Å². The first kappa shape index (κ1) is 17.3. The van der Waals surface area contributed by atoms with E-state index < -0.39 is 4.92 Å². The number of aromatic nitrogens is 1. The summed E-state index contributed by atoms with van der Waals surface area (Å²) in [6.45, 7) is 0. The number of hydrogen-bond acceptors (Lipinski definition) is 3. The maximum absolute atomic E-state index is 12.6. The number of carbonyl (C=O) groups is 1. The average molecular weight is 348 g/mol. The topological polar surface area (TPSA) is 67.3 Å². The maximum Gasteiger partial charge on any atom is 0.502 e. The van der Waals surface area contributed by atoms with E-state index in [1.807, 2.05) is 30.3 Å². The molecule has 2 aromatic carbocycles. The number of non-ortho nitro benzene ring substituents is 1. The molecule has 1 aromatic heterocycles. The van der Waals surface area contributed by atoms with Gasteiger partial charge in [0.15, 0.2) is 0 Å². The molecule has 0 bridgehead atoms. The molecular formula is C20H18N3O3+. The van der Waals surface area contributed by atoms with Gasteiger partial charge in [-0.05, 0) is 41.8 Å². The number of nitro benzene ring substituents is 1. The molecule has 26 heavy (non-hydrogen) atoms. The number of carbonyl (C=O) groups excluding carboxylic acids is 1. The molecule has 0 unspecified atom stereocenters. The van der Waals surface area contributed by atoms with Crippen molar-refractivity contribution in [1.82, 2.24) is 0 Å². The highest BCUT2D eigenvalue weighted by atomic mass is 16.6. The van der Waals surface area contributed by atoms with Gasteiger partial charge in [0.25, 0.3) is 5.69 Å². The predicted octanol–water partition coefficient (Wildman–Crippen LogP) is 3.58. The highest BCUT2D eigenvalue weighted by molar-refractivity contribution is 5.85. The Balaban J connectivity index is 1.71. The van der Waals surface area contributed by atoms with Gasteiger partial charge in [0.1, 0.15) is 5.69 Å². The smallest absolute Gasteiger partial charge is 0.258 e. The normalized spacial score (nSPS) is 10.3. The van der Waals surface area contributed by atoms with E-state index >= 15 is 0 Å². The van der Waals surface area contributed by atoms with Gasteiger partial charge in [-0.1, -0.05) is 30.3 Å². The number of nitrogens with zero attached hydrogens (tertiary/aromatic N) is 3. The van der Waals surface area contributed by atoms with Crippen molar-refractivity contribution in [3.63, 3.8) is 0 Å². The Morgan fingerprint density at radius 2 is 1.54 bits per heavy atom. The second-order valence-corrected chi connectivity index (χ2v) is 5.89. The second kappa shape index (κ2) is 7.57. The summed E-state index contributed by atoms with van der Waals surface area (Å²) in [5, 5.41) is 10.7. The molecule has 0 aliphatic carbocycles. The van der Waals surface area contributed by atoms with Gasteiger partial charge in [-0.3, -0.25) is 10.1 Å². The van der Waals surface area contributed by atoms with Gasteiger partial charge >= 0.3 is 6.03 Å². The van der Waals surface area contributed by atoms with Crippen molar-refractivity contribution in [2.45, 2.75) is 6.42 Å². The monoisotopic (exact) mass is 348 g/mol. The summed E-state index contributed by atoms with van der Waals surface area (Å²) in [5.74, 6) is 0. The van der Waals surface area contributed by atoms with E-state index in [1.165, 1.54) is 27.2 Å². The van der Waals surface area contributed by atoms with Gasteiger partial charge in [0.2, 0.25) is 0 Å². The van der Waals surface area contributed by atoms with Crippen LogP contribution in [0.5, 0.6) is 0 Å². The van der Waals surface area contributed by atoms with Crippen LogP contribution in [0.1, 0.15) is 11.1 Å². The van der Waals surface area contributed by atoms with Gasteiger partial charge in [-0.25, -0.2) is 0 Å². The molecule has 3 aromatic rings. The van der Waals surface area contributed by atoms with Crippen molar-refractivity contribution in [3.05, 3.63) is 100 Å². The van der Waals surface area contributed by atoms with Crippen LogP contribution in [0, 0.1) is 10.1 Å². The molecule has 6 heteroatoms. The largest absolute Gasteiger partial charge is 0.502 e. The maximum atomic E-state index is 12.6. The molecule has 1 heterocycles. The first-order valence-corrected chi connectivity index (χ1v) is 8.11. The van der Waals surface area contributed by atoms with Crippen LogP contribution < -0.4 is 9.47 Å². The molecule has 0 N–H and O–H groups in total. The van der Waals surface area contributed by atoms with E-state index in [-0.39, 0.29) is 11.7 Å². The Kier molecular flexibility index (Phi) is 5.03. The first-order chi connectivity index (χ1) is 12.5. The quantitative estimate of drug-likeness (QED) is 0.411. The molecule has 0 spiro atoms. The number of nitro groups is 1. The zero-order valence-electron chi connectivity index (χ0n) is 14.3. The predicted molar refractivity (Wildman–Crippen MR) is 98.2 cm³/mol. The molecule has 1 amide bonds. The van der Waals surface area contributed by atoms with Crippen molar-refractivity contribution in [2.75, 3.05) is 11.9 Å². The second-order valence-electron chi connectivity index (χ2n) is 5.89. The fourth-order valence-electron chi connectivity index (χ4n) is 2.62. The van der Waals surface area contributed by atoms with Crippen LogP contribution in [-0.2, 0) is 6.42 Å². The fraction of sp³-hybridized carbons (Fsp3) is 0.100. The van der Waals surface area contributed by atoms with Gasteiger partial charge in [0, 0.05) is 12.1 Å². The Morgan fingerprint density at radius 3 is 2.12 bits per heavy atom.